The topological polar surface area (TPSA) is 117 Å². The number of H-pyrrole nitrogens is 1. The average Bonchev–Trinajstić information content (AvgIpc) is 3.12. The number of aromatic nitrogens is 3. The van der Waals surface area contributed by atoms with Gasteiger partial charge in [-0.15, -0.1) is 24.8 Å². The largest absolute Gasteiger partial charge is 0.368 e. The Labute approximate surface area is 170 Å². The van der Waals surface area contributed by atoms with Gasteiger partial charge in [0.15, 0.2) is 0 Å². The van der Waals surface area contributed by atoms with Gasteiger partial charge in [-0.1, -0.05) is 0 Å². The van der Waals surface area contributed by atoms with Gasteiger partial charge in [-0.25, -0.2) is 4.98 Å². The minimum Gasteiger partial charge on any atom is -0.368 e. The first kappa shape index (κ1) is 21.3. The van der Waals surface area contributed by atoms with E-state index in [1.807, 2.05) is 17.0 Å². The zero-order valence-electron chi connectivity index (χ0n) is 14.9. The molecule has 1 aliphatic carbocycles. The van der Waals surface area contributed by atoms with E-state index in [1.54, 1.807) is 12.3 Å². The van der Waals surface area contributed by atoms with E-state index in [-0.39, 0.29) is 36.8 Å². The van der Waals surface area contributed by atoms with Crippen LogP contribution in [0.5, 0.6) is 0 Å². The molecule has 2 aromatic heterocycles. The maximum Gasteiger partial charge on any atom is 0.270 e. The lowest BCUT2D eigenvalue weighted by Gasteiger charge is -2.36. The van der Waals surface area contributed by atoms with Crippen molar-refractivity contribution in [3.63, 3.8) is 0 Å². The number of carbonyl (C=O) groups is 1. The third-order valence-corrected chi connectivity index (χ3v) is 5.06. The third kappa shape index (κ3) is 4.45. The van der Waals surface area contributed by atoms with E-state index >= 15 is 0 Å². The molecule has 1 aliphatic heterocycles. The Kier molecular flexibility index (Phi) is 6.91. The minimum absolute atomic E-state index is 0. The number of amides is 1. The SMILES string of the molecule is Cl.Cl.Nc1nc(C2CC(N)C2)cc(N2CCN(C(=O)c3ccc[nH]3)CC2)n1. The molecule has 2 fully saturated rings. The number of rotatable bonds is 3. The Balaban J connectivity index is 0.00000131. The fraction of sp³-hybridized carbons (Fsp3) is 0.471. The lowest BCUT2D eigenvalue weighted by atomic mass is 9.78. The maximum absolute atomic E-state index is 12.4. The summed E-state index contributed by atoms with van der Waals surface area (Å²) in [6, 6.07) is 5.93. The molecule has 0 radical (unpaired) electrons. The molecular weight excluding hydrogens is 389 g/mol. The summed E-state index contributed by atoms with van der Waals surface area (Å²) in [7, 11) is 0. The van der Waals surface area contributed by atoms with Gasteiger partial charge < -0.3 is 26.3 Å². The van der Waals surface area contributed by atoms with Gasteiger partial charge in [0.25, 0.3) is 5.91 Å². The van der Waals surface area contributed by atoms with Crippen molar-refractivity contribution in [2.75, 3.05) is 36.8 Å². The van der Waals surface area contributed by atoms with Crippen molar-refractivity contribution >= 4 is 42.5 Å². The van der Waals surface area contributed by atoms with Gasteiger partial charge in [0.2, 0.25) is 5.95 Å². The molecule has 1 saturated heterocycles. The molecule has 0 spiro atoms. The van der Waals surface area contributed by atoms with E-state index in [0.717, 1.165) is 37.4 Å². The number of carbonyl (C=O) groups excluding carboxylic acids is 1. The summed E-state index contributed by atoms with van der Waals surface area (Å²) in [6.07, 6.45) is 3.67. The summed E-state index contributed by atoms with van der Waals surface area (Å²) in [4.78, 5) is 28.2. The highest BCUT2D eigenvalue weighted by molar-refractivity contribution is 5.92. The van der Waals surface area contributed by atoms with Gasteiger partial charge in [0.05, 0.1) is 5.69 Å². The highest BCUT2D eigenvalue weighted by Crippen LogP contribution is 2.36. The molecule has 0 unspecified atom stereocenters. The van der Waals surface area contributed by atoms with Gasteiger partial charge in [0, 0.05) is 50.4 Å². The van der Waals surface area contributed by atoms with Crippen LogP contribution < -0.4 is 16.4 Å². The predicted octanol–water partition coefficient (Wildman–Crippen LogP) is 1.40. The van der Waals surface area contributed by atoms with Gasteiger partial charge in [0.1, 0.15) is 11.5 Å². The number of nitrogen functional groups attached to an aromatic ring is 1. The molecule has 10 heteroatoms. The molecule has 5 N–H and O–H groups in total. The molecule has 27 heavy (non-hydrogen) atoms. The molecule has 148 valence electrons. The lowest BCUT2D eigenvalue weighted by molar-refractivity contribution is 0.0741. The van der Waals surface area contributed by atoms with Crippen molar-refractivity contribution in [3.05, 3.63) is 35.8 Å². The number of hydrogen-bond donors (Lipinski definition) is 3. The second-order valence-corrected chi connectivity index (χ2v) is 6.80. The summed E-state index contributed by atoms with van der Waals surface area (Å²) in [5, 5.41) is 0. The van der Waals surface area contributed by atoms with E-state index in [2.05, 4.69) is 19.9 Å². The molecule has 4 rings (SSSR count). The van der Waals surface area contributed by atoms with Gasteiger partial charge in [-0.05, 0) is 25.0 Å². The van der Waals surface area contributed by atoms with Crippen molar-refractivity contribution in [1.29, 1.82) is 0 Å². The number of aromatic amines is 1. The van der Waals surface area contributed by atoms with Crippen LogP contribution >= 0.6 is 24.8 Å². The smallest absolute Gasteiger partial charge is 0.270 e. The highest BCUT2D eigenvalue weighted by Gasteiger charge is 2.30. The zero-order valence-corrected chi connectivity index (χ0v) is 16.5. The number of halogens is 2. The van der Waals surface area contributed by atoms with Crippen molar-refractivity contribution in [2.45, 2.75) is 24.8 Å². The third-order valence-electron chi connectivity index (χ3n) is 5.06. The molecule has 1 amide bonds. The highest BCUT2D eigenvalue weighted by atomic mass is 35.5. The summed E-state index contributed by atoms with van der Waals surface area (Å²) in [6.45, 7) is 2.77. The van der Waals surface area contributed by atoms with Crippen LogP contribution in [0.2, 0.25) is 0 Å². The van der Waals surface area contributed by atoms with Crippen molar-refractivity contribution < 1.29 is 4.79 Å². The van der Waals surface area contributed by atoms with Gasteiger partial charge in [-0.2, -0.15) is 4.98 Å². The molecule has 0 aromatic carbocycles. The number of nitrogens with zero attached hydrogens (tertiary/aromatic N) is 4. The fourth-order valence-electron chi connectivity index (χ4n) is 3.52. The number of nitrogens with two attached hydrogens (primary N) is 2. The summed E-state index contributed by atoms with van der Waals surface area (Å²) in [5.41, 5.74) is 13.4. The van der Waals surface area contributed by atoms with Crippen LogP contribution in [-0.4, -0.2) is 58.0 Å². The van der Waals surface area contributed by atoms with E-state index in [0.29, 0.717) is 30.6 Å². The van der Waals surface area contributed by atoms with E-state index < -0.39 is 0 Å². The first-order chi connectivity index (χ1) is 12.1. The number of piperazine rings is 1. The fourth-order valence-corrected chi connectivity index (χ4v) is 3.52. The van der Waals surface area contributed by atoms with Crippen LogP contribution in [0.3, 0.4) is 0 Å². The Morgan fingerprint density at radius 3 is 2.44 bits per heavy atom. The van der Waals surface area contributed by atoms with Crippen molar-refractivity contribution in [3.8, 4) is 0 Å². The van der Waals surface area contributed by atoms with E-state index in [1.165, 1.54) is 0 Å². The quantitative estimate of drug-likeness (QED) is 0.699. The van der Waals surface area contributed by atoms with Crippen LogP contribution in [0.25, 0.3) is 0 Å². The summed E-state index contributed by atoms with van der Waals surface area (Å²) < 4.78 is 0. The molecule has 2 aromatic rings. The van der Waals surface area contributed by atoms with Crippen LogP contribution in [-0.2, 0) is 0 Å². The predicted molar refractivity (Wildman–Crippen MR) is 110 cm³/mol. The lowest BCUT2D eigenvalue weighted by Crippen LogP contribution is -2.49. The van der Waals surface area contributed by atoms with Crippen LogP contribution in [0.15, 0.2) is 24.4 Å². The Hall–Kier alpha value is -2.03. The standard InChI is InChI=1S/C17H23N7O.2ClH/c18-12-8-11(9-12)14-10-15(22-17(19)21-14)23-4-6-24(7-5-23)16(25)13-2-1-3-20-13;;/h1-3,10-12,20H,4-9,18H2,(H2,19,21,22);2*1H. The Bertz CT molecular complexity index is 757. The zero-order chi connectivity index (χ0) is 17.4. The molecule has 1 saturated carbocycles. The number of hydrogen-bond acceptors (Lipinski definition) is 6. The molecule has 2 aliphatic rings. The first-order valence-electron chi connectivity index (χ1n) is 8.68. The second-order valence-electron chi connectivity index (χ2n) is 6.80. The van der Waals surface area contributed by atoms with Crippen LogP contribution in [0.1, 0.15) is 34.9 Å². The molecule has 0 bridgehead atoms. The average molecular weight is 414 g/mol. The monoisotopic (exact) mass is 413 g/mol. The van der Waals surface area contributed by atoms with Crippen molar-refractivity contribution in [1.82, 2.24) is 19.9 Å². The summed E-state index contributed by atoms with van der Waals surface area (Å²) >= 11 is 0. The maximum atomic E-state index is 12.4. The van der Waals surface area contributed by atoms with Crippen molar-refractivity contribution in [2.24, 2.45) is 5.73 Å². The van der Waals surface area contributed by atoms with Gasteiger partial charge in [-0.3, -0.25) is 4.79 Å². The van der Waals surface area contributed by atoms with E-state index in [9.17, 15) is 4.79 Å². The Morgan fingerprint density at radius 1 is 1.15 bits per heavy atom. The van der Waals surface area contributed by atoms with Crippen LogP contribution in [0, 0.1) is 0 Å². The molecular formula is C17H25Cl2N7O. The normalized spacial score (nSPS) is 21.7. The molecule has 0 atom stereocenters. The second kappa shape index (κ2) is 8.77. The summed E-state index contributed by atoms with van der Waals surface area (Å²) in [5.74, 6) is 1.57. The number of nitrogens with one attached hydrogen (secondary N) is 1. The van der Waals surface area contributed by atoms with Crippen LogP contribution in [0.4, 0.5) is 11.8 Å². The van der Waals surface area contributed by atoms with Gasteiger partial charge >= 0.3 is 0 Å². The minimum atomic E-state index is 0. The van der Waals surface area contributed by atoms with E-state index in [4.69, 9.17) is 11.5 Å². The Morgan fingerprint density at radius 2 is 1.85 bits per heavy atom. The molecule has 8 nitrogen and oxygen atoms in total. The number of anilines is 2. The first-order valence-corrected chi connectivity index (χ1v) is 8.68. The molecule has 3 heterocycles.